The Balaban J connectivity index is 1.43. The summed E-state index contributed by atoms with van der Waals surface area (Å²) in [6.07, 6.45) is 7.96. The number of anilines is 2. The monoisotopic (exact) mass is 604 g/mol. The summed E-state index contributed by atoms with van der Waals surface area (Å²) in [6, 6.07) is 3.99. The molecule has 2 aliphatic heterocycles. The van der Waals surface area contributed by atoms with Crippen molar-refractivity contribution in [1.29, 1.82) is 0 Å². The predicted octanol–water partition coefficient (Wildman–Crippen LogP) is 5.26. The van der Waals surface area contributed by atoms with Gasteiger partial charge in [0.2, 0.25) is 5.95 Å². The predicted molar refractivity (Wildman–Crippen MR) is 163 cm³/mol. The maximum Gasteiger partial charge on any atom is 0.223 e. The Morgan fingerprint density at radius 3 is 2.59 bits per heavy atom. The molecule has 12 heteroatoms. The Bertz CT molecular complexity index is 1310. The van der Waals surface area contributed by atoms with Crippen molar-refractivity contribution in [2.45, 2.75) is 50.6 Å². The van der Waals surface area contributed by atoms with E-state index in [2.05, 4.69) is 20.5 Å². The van der Waals surface area contributed by atoms with Crippen LogP contribution in [0.25, 0.3) is 22.2 Å². The molecule has 0 radical (unpaired) electrons. The average molecular weight is 606 g/mol. The van der Waals surface area contributed by atoms with Crippen molar-refractivity contribution in [3.63, 3.8) is 0 Å². The number of likely N-dealkylation sites (tertiary alicyclic amines) is 1. The van der Waals surface area contributed by atoms with Gasteiger partial charge in [-0.1, -0.05) is 23.2 Å². The Hall–Kier alpha value is -2.63. The lowest BCUT2D eigenvalue weighted by molar-refractivity contribution is 0.0874. The van der Waals surface area contributed by atoms with Crippen molar-refractivity contribution < 1.29 is 19.3 Å². The molecule has 2 aliphatic rings. The molecule has 222 valence electrons. The van der Waals surface area contributed by atoms with Gasteiger partial charge in [-0.2, -0.15) is 0 Å². The van der Waals surface area contributed by atoms with Gasteiger partial charge in [0, 0.05) is 42.4 Å². The largest absolute Gasteiger partial charge is 0.495 e. The minimum absolute atomic E-state index is 0.167. The van der Waals surface area contributed by atoms with E-state index in [4.69, 9.17) is 47.4 Å². The van der Waals surface area contributed by atoms with Crippen LogP contribution in [-0.4, -0.2) is 90.7 Å². The van der Waals surface area contributed by atoms with Crippen molar-refractivity contribution in [2.24, 2.45) is 0 Å². The SMILES string of the molecule is COc1cc(OC)c(Cl)c(-c2cc3cnc(NC4CCCOC4)nc3c(NCCCCN3CCCC3CO)n2)c1Cl. The molecule has 3 N–H and O–H groups in total. The Morgan fingerprint density at radius 2 is 1.88 bits per heavy atom. The number of benzene rings is 1. The van der Waals surface area contributed by atoms with Crippen LogP contribution in [0.1, 0.15) is 38.5 Å². The van der Waals surface area contributed by atoms with Gasteiger partial charge in [-0.25, -0.2) is 15.0 Å². The minimum Gasteiger partial charge on any atom is -0.495 e. The maximum atomic E-state index is 9.62. The van der Waals surface area contributed by atoms with Crippen LogP contribution in [0.15, 0.2) is 18.3 Å². The molecular weight excluding hydrogens is 567 g/mol. The number of nitrogens with one attached hydrogen (secondary N) is 2. The quantitative estimate of drug-likeness (QED) is 0.237. The number of ether oxygens (including phenoxy) is 3. The highest BCUT2D eigenvalue weighted by Gasteiger charge is 2.24. The van der Waals surface area contributed by atoms with Crippen LogP contribution in [0.5, 0.6) is 11.5 Å². The number of hydrogen-bond acceptors (Lipinski definition) is 10. The third-order valence-corrected chi connectivity index (χ3v) is 8.51. The van der Waals surface area contributed by atoms with E-state index in [1.54, 1.807) is 26.5 Å². The average Bonchev–Trinajstić information content (AvgIpc) is 3.45. The van der Waals surface area contributed by atoms with Crippen molar-refractivity contribution in [2.75, 3.05) is 64.3 Å². The van der Waals surface area contributed by atoms with Gasteiger partial charge >= 0.3 is 0 Å². The first-order valence-electron chi connectivity index (χ1n) is 14.2. The van der Waals surface area contributed by atoms with Crippen LogP contribution < -0.4 is 20.1 Å². The molecular formula is C29H38Cl2N6O4. The molecule has 41 heavy (non-hydrogen) atoms. The summed E-state index contributed by atoms with van der Waals surface area (Å²) in [7, 11) is 3.09. The highest BCUT2D eigenvalue weighted by molar-refractivity contribution is 6.41. The van der Waals surface area contributed by atoms with E-state index in [0.717, 1.165) is 63.6 Å². The fourth-order valence-electron chi connectivity index (χ4n) is 5.55. The zero-order chi connectivity index (χ0) is 28.8. The molecule has 5 rings (SSSR count). The van der Waals surface area contributed by atoms with Gasteiger partial charge < -0.3 is 30.0 Å². The van der Waals surface area contributed by atoms with Gasteiger partial charge in [0.1, 0.15) is 17.0 Å². The fraction of sp³-hybridized carbons (Fsp3) is 0.552. The lowest BCUT2D eigenvalue weighted by atomic mass is 10.1. The normalized spacial score (nSPS) is 19.4. The van der Waals surface area contributed by atoms with E-state index >= 15 is 0 Å². The summed E-state index contributed by atoms with van der Waals surface area (Å²) in [4.78, 5) is 16.8. The number of pyridine rings is 1. The lowest BCUT2D eigenvalue weighted by Gasteiger charge is -2.23. The first kappa shape index (κ1) is 29.8. The van der Waals surface area contributed by atoms with E-state index < -0.39 is 0 Å². The van der Waals surface area contributed by atoms with Gasteiger partial charge in [0.05, 0.1) is 49.2 Å². The summed E-state index contributed by atoms with van der Waals surface area (Å²) >= 11 is 13.5. The van der Waals surface area contributed by atoms with E-state index in [1.165, 1.54) is 0 Å². The first-order valence-corrected chi connectivity index (χ1v) is 15.0. The van der Waals surface area contributed by atoms with E-state index in [-0.39, 0.29) is 18.7 Å². The topological polar surface area (TPSA) is 114 Å². The minimum atomic E-state index is 0.167. The summed E-state index contributed by atoms with van der Waals surface area (Å²) in [5.74, 6) is 2.03. The standard InChI is InChI=1S/C29H38Cl2N6O4/c1-39-22-14-23(40-2)26(31)24(25(22)30)21-13-18-15-33-29(34-19-7-6-12-41-17-19)36-27(18)28(35-21)32-9-3-4-10-37-11-5-8-20(37)16-38/h13-15,19-20,38H,3-12,16-17H2,1-2H3,(H,32,35)(H,33,34,36). The molecule has 2 atom stereocenters. The van der Waals surface area contributed by atoms with Crippen molar-refractivity contribution in [3.05, 3.63) is 28.4 Å². The molecule has 0 amide bonds. The van der Waals surface area contributed by atoms with E-state index in [1.807, 2.05) is 6.07 Å². The molecule has 1 aromatic carbocycles. The number of aliphatic hydroxyl groups is 1. The number of rotatable bonds is 12. The molecule has 2 saturated heterocycles. The zero-order valence-electron chi connectivity index (χ0n) is 23.6. The molecule has 2 fully saturated rings. The Morgan fingerprint density at radius 1 is 1.07 bits per heavy atom. The molecule has 4 heterocycles. The number of aromatic nitrogens is 3. The summed E-state index contributed by atoms with van der Waals surface area (Å²) < 4.78 is 16.6. The molecule has 0 saturated carbocycles. The molecule has 2 aromatic heterocycles. The smallest absolute Gasteiger partial charge is 0.223 e. The highest BCUT2D eigenvalue weighted by Crippen LogP contribution is 2.46. The third-order valence-electron chi connectivity index (χ3n) is 7.76. The van der Waals surface area contributed by atoms with Crippen LogP contribution in [0.2, 0.25) is 10.0 Å². The summed E-state index contributed by atoms with van der Waals surface area (Å²) in [6.45, 7) is 4.37. The number of aliphatic hydroxyl groups excluding tert-OH is 1. The number of fused-ring (bicyclic) bond motifs is 1. The number of unbranched alkanes of at least 4 members (excludes halogenated alkanes) is 1. The second-order valence-corrected chi connectivity index (χ2v) is 11.2. The summed E-state index contributed by atoms with van der Waals surface area (Å²) in [5, 5.41) is 18.0. The van der Waals surface area contributed by atoms with Crippen LogP contribution in [0.3, 0.4) is 0 Å². The van der Waals surface area contributed by atoms with Crippen LogP contribution in [0.4, 0.5) is 11.8 Å². The van der Waals surface area contributed by atoms with Gasteiger partial charge in [0.15, 0.2) is 5.82 Å². The third kappa shape index (κ3) is 6.89. The van der Waals surface area contributed by atoms with Gasteiger partial charge in [-0.15, -0.1) is 0 Å². The van der Waals surface area contributed by atoms with E-state index in [9.17, 15) is 5.11 Å². The first-order chi connectivity index (χ1) is 20.0. The molecule has 0 bridgehead atoms. The lowest BCUT2D eigenvalue weighted by Crippen LogP contribution is -2.33. The second kappa shape index (κ2) is 14.0. The van der Waals surface area contributed by atoms with Crippen molar-refractivity contribution in [1.82, 2.24) is 19.9 Å². The number of methoxy groups -OCH3 is 2. The van der Waals surface area contributed by atoms with E-state index in [0.29, 0.717) is 63.2 Å². The second-order valence-electron chi connectivity index (χ2n) is 10.5. The highest BCUT2D eigenvalue weighted by atomic mass is 35.5. The number of nitrogens with zero attached hydrogens (tertiary/aromatic N) is 4. The number of hydrogen-bond donors (Lipinski definition) is 3. The van der Waals surface area contributed by atoms with Gasteiger partial charge in [-0.3, -0.25) is 4.90 Å². The summed E-state index contributed by atoms with van der Waals surface area (Å²) in [5.41, 5.74) is 1.77. The molecule has 0 spiro atoms. The number of halogens is 2. The molecule has 0 aliphatic carbocycles. The Labute approximate surface area is 250 Å². The van der Waals surface area contributed by atoms with Crippen LogP contribution >= 0.6 is 23.2 Å². The molecule has 2 unspecified atom stereocenters. The van der Waals surface area contributed by atoms with Crippen LogP contribution in [-0.2, 0) is 4.74 Å². The van der Waals surface area contributed by atoms with Crippen molar-refractivity contribution >= 4 is 45.9 Å². The van der Waals surface area contributed by atoms with Gasteiger partial charge in [-0.05, 0) is 57.7 Å². The fourth-order valence-corrected chi connectivity index (χ4v) is 6.25. The zero-order valence-corrected chi connectivity index (χ0v) is 25.1. The van der Waals surface area contributed by atoms with Gasteiger partial charge in [0.25, 0.3) is 0 Å². The molecule has 3 aromatic rings. The maximum absolute atomic E-state index is 9.62. The Kier molecular flexibility index (Phi) is 10.2. The van der Waals surface area contributed by atoms with Crippen molar-refractivity contribution in [3.8, 4) is 22.8 Å². The molecule has 10 nitrogen and oxygen atoms in total. The van der Waals surface area contributed by atoms with Crippen LogP contribution in [0, 0.1) is 0 Å².